The molecule has 0 amide bonds. The summed E-state index contributed by atoms with van der Waals surface area (Å²) in [6, 6.07) is 5.52. The Morgan fingerprint density at radius 2 is 1.76 bits per heavy atom. The summed E-state index contributed by atoms with van der Waals surface area (Å²) < 4.78 is 33.4. The molecular formula is C15H20F2O4. The van der Waals surface area contributed by atoms with Crippen LogP contribution in [0.2, 0.25) is 0 Å². The second-order valence-corrected chi connectivity index (χ2v) is 5.32. The molecule has 0 saturated carbocycles. The van der Waals surface area contributed by atoms with E-state index in [1.165, 1.54) is 31.2 Å². The van der Waals surface area contributed by atoms with E-state index in [9.17, 15) is 18.7 Å². The standard InChI is InChI=1S/C15H20F2O4/c1-5-20-12(18)14(2,3)15(4,19)10-6-8-11(9-7-10)21-13(16)17/h6-9,13,19H,5H2,1-4H3. The summed E-state index contributed by atoms with van der Waals surface area (Å²) in [5.41, 5.74) is -2.32. The van der Waals surface area contributed by atoms with Gasteiger partial charge in [0.25, 0.3) is 0 Å². The molecule has 1 aromatic carbocycles. The summed E-state index contributed by atoms with van der Waals surface area (Å²) in [7, 11) is 0. The largest absolute Gasteiger partial charge is 0.465 e. The Morgan fingerprint density at radius 1 is 1.24 bits per heavy atom. The minimum atomic E-state index is -2.91. The van der Waals surface area contributed by atoms with Gasteiger partial charge in [-0.25, -0.2) is 0 Å². The van der Waals surface area contributed by atoms with Crippen molar-refractivity contribution in [1.82, 2.24) is 0 Å². The number of alkyl halides is 2. The van der Waals surface area contributed by atoms with E-state index in [0.717, 1.165) is 0 Å². The molecule has 0 spiro atoms. The molecule has 0 saturated heterocycles. The van der Waals surface area contributed by atoms with Gasteiger partial charge in [0.05, 0.1) is 12.0 Å². The van der Waals surface area contributed by atoms with Gasteiger partial charge in [0.15, 0.2) is 0 Å². The van der Waals surface area contributed by atoms with E-state index in [0.29, 0.717) is 5.56 Å². The highest BCUT2D eigenvalue weighted by molar-refractivity contribution is 5.77. The third-order valence-electron chi connectivity index (χ3n) is 3.64. The van der Waals surface area contributed by atoms with Crippen molar-refractivity contribution < 1.29 is 28.2 Å². The van der Waals surface area contributed by atoms with Gasteiger partial charge in [-0.1, -0.05) is 12.1 Å². The highest BCUT2D eigenvalue weighted by atomic mass is 19.3. The number of carbonyl (C=O) groups is 1. The van der Waals surface area contributed by atoms with Crippen molar-refractivity contribution in [2.24, 2.45) is 5.41 Å². The van der Waals surface area contributed by atoms with Crippen molar-refractivity contribution in [1.29, 1.82) is 0 Å². The number of esters is 1. The summed E-state index contributed by atoms with van der Waals surface area (Å²) in [6.07, 6.45) is 0. The molecule has 1 unspecified atom stereocenters. The molecule has 0 heterocycles. The van der Waals surface area contributed by atoms with E-state index >= 15 is 0 Å². The van der Waals surface area contributed by atoms with Crippen LogP contribution < -0.4 is 4.74 Å². The fraction of sp³-hybridized carbons (Fsp3) is 0.533. The van der Waals surface area contributed by atoms with Crippen LogP contribution in [0.4, 0.5) is 8.78 Å². The van der Waals surface area contributed by atoms with E-state index in [2.05, 4.69) is 4.74 Å². The second kappa shape index (κ2) is 6.39. The average Bonchev–Trinajstić information content (AvgIpc) is 2.38. The number of halogens is 2. The van der Waals surface area contributed by atoms with Crippen LogP contribution in [0.15, 0.2) is 24.3 Å². The highest BCUT2D eigenvalue weighted by Gasteiger charge is 2.47. The lowest BCUT2D eigenvalue weighted by Crippen LogP contribution is -2.46. The van der Waals surface area contributed by atoms with Gasteiger partial charge in [-0.05, 0) is 45.4 Å². The van der Waals surface area contributed by atoms with Gasteiger partial charge in [-0.3, -0.25) is 4.79 Å². The van der Waals surface area contributed by atoms with Crippen LogP contribution in [0.3, 0.4) is 0 Å². The summed E-state index contributed by atoms with van der Waals surface area (Å²) in [5.74, 6) is -0.554. The van der Waals surface area contributed by atoms with E-state index in [1.807, 2.05) is 0 Å². The number of benzene rings is 1. The maximum absolute atomic E-state index is 12.1. The number of ether oxygens (including phenoxy) is 2. The maximum Gasteiger partial charge on any atom is 0.387 e. The minimum absolute atomic E-state index is 0.0153. The molecule has 0 aliphatic heterocycles. The van der Waals surface area contributed by atoms with E-state index in [1.54, 1.807) is 20.8 Å². The molecule has 0 radical (unpaired) electrons. The quantitative estimate of drug-likeness (QED) is 0.820. The minimum Gasteiger partial charge on any atom is -0.465 e. The Labute approximate surface area is 122 Å². The van der Waals surface area contributed by atoms with Crippen LogP contribution >= 0.6 is 0 Å². The predicted octanol–water partition coefficient (Wildman–Crippen LogP) is 3.08. The van der Waals surface area contributed by atoms with Gasteiger partial charge in [-0.2, -0.15) is 8.78 Å². The Kier molecular flexibility index (Phi) is 5.28. The Balaban J connectivity index is 3.03. The molecule has 1 atom stereocenters. The fourth-order valence-electron chi connectivity index (χ4n) is 1.83. The molecule has 0 fully saturated rings. The van der Waals surface area contributed by atoms with Crippen molar-refractivity contribution in [2.75, 3.05) is 6.61 Å². The van der Waals surface area contributed by atoms with Crippen LogP contribution in [0, 0.1) is 5.41 Å². The summed E-state index contributed by atoms with van der Waals surface area (Å²) >= 11 is 0. The third-order valence-corrected chi connectivity index (χ3v) is 3.64. The normalized spacial score (nSPS) is 14.7. The summed E-state index contributed by atoms with van der Waals surface area (Å²) in [5, 5.41) is 10.7. The highest BCUT2D eigenvalue weighted by Crippen LogP contribution is 2.40. The number of hydrogen-bond donors (Lipinski definition) is 1. The fourth-order valence-corrected chi connectivity index (χ4v) is 1.83. The molecule has 1 N–H and O–H groups in total. The van der Waals surface area contributed by atoms with Crippen LogP contribution in [0.25, 0.3) is 0 Å². The van der Waals surface area contributed by atoms with E-state index in [-0.39, 0.29) is 12.4 Å². The number of carbonyl (C=O) groups excluding carboxylic acids is 1. The zero-order valence-electron chi connectivity index (χ0n) is 12.5. The van der Waals surface area contributed by atoms with Crippen LogP contribution in [-0.2, 0) is 15.1 Å². The topological polar surface area (TPSA) is 55.8 Å². The Bertz CT molecular complexity index is 481. The van der Waals surface area contributed by atoms with Crippen LogP contribution in [-0.4, -0.2) is 24.3 Å². The Hall–Kier alpha value is -1.69. The number of hydrogen-bond acceptors (Lipinski definition) is 4. The third kappa shape index (κ3) is 3.69. The monoisotopic (exact) mass is 302 g/mol. The zero-order valence-corrected chi connectivity index (χ0v) is 12.5. The molecule has 118 valence electrons. The molecule has 6 heteroatoms. The Morgan fingerprint density at radius 3 is 2.19 bits per heavy atom. The first kappa shape index (κ1) is 17.4. The maximum atomic E-state index is 12.1. The molecule has 21 heavy (non-hydrogen) atoms. The second-order valence-electron chi connectivity index (χ2n) is 5.32. The first-order chi connectivity index (χ1) is 9.62. The molecule has 4 nitrogen and oxygen atoms in total. The van der Waals surface area contributed by atoms with Crippen molar-refractivity contribution >= 4 is 5.97 Å². The summed E-state index contributed by atoms with van der Waals surface area (Å²) in [4.78, 5) is 12.0. The van der Waals surface area contributed by atoms with Gasteiger partial charge >= 0.3 is 12.6 Å². The van der Waals surface area contributed by atoms with Gasteiger partial charge in [0.1, 0.15) is 11.4 Å². The number of aliphatic hydroxyl groups is 1. The first-order valence-electron chi connectivity index (χ1n) is 6.58. The van der Waals surface area contributed by atoms with Gasteiger partial charge < -0.3 is 14.6 Å². The lowest BCUT2D eigenvalue weighted by Gasteiger charge is -2.38. The van der Waals surface area contributed by atoms with Crippen molar-refractivity contribution in [3.05, 3.63) is 29.8 Å². The van der Waals surface area contributed by atoms with Gasteiger partial charge in [0.2, 0.25) is 0 Å². The van der Waals surface area contributed by atoms with E-state index < -0.39 is 23.6 Å². The molecule has 0 bridgehead atoms. The SMILES string of the molecule is CCOC(=O)C(C)(C)C(C)(O)c1ccc(OC(F)F)cc1. The predicted molar refractivity (Wildman–Crippen MR) is 73.1 cm³/mol. The lowest BCUT2D eigenvalue weighted by atomic mass is 9.72. The molecular weight excluding hydrogens is 282 g/mol. The van der Waals surface area contributed by atoms with Crippen molar-refractivity contribution in [2.45, 2.75) is 39.9 Å². The molecule has 0 aliphatic carbocycles. The van der Waals surface area contributed by atoms with Crippen molar-refractivity contribution in [3.8, 4) is 5.75 Å². The van der Waals surface area contributed by atoms with Crippen LogP contribution in [0.1, 0.15) is 33.3 Å². The van der Waals surface area contributed by atoms with Gasteiger partial charge in [0, 0.05) is 0 Å². The van der Waals surface area contributed by atoms with E-state index in [4.69, 9.17) is 4.74 Å². The van der Waals surface area contributed by atoms with Crippen molar-refractivity contribution in [3.63, 3.8) is 0 Å². The average molecular weight is 302 g/mol. The van der Waals surface area contributed by atoms with Gasteiger partial charge in [-0.15, -0.1) is 0 Å². The zero-order chi connectivity index (χ0) is 16.3. The number of rotatable bonds is 6. The van der Waals surface area contributed by atoms with Crippen LogP contribution in [0.5, 0.6) is 5.75 Å². The first-order valence-corrected chi connectivity index (χ1v) is 6.58. The molecule has 0 aromatic heterocycles. The smallest absolute Gasteiger partial charge is 0.387 e. The molecule has 1 aromatic rings. The molecule has 0 aliphatic rings. The molecule has 1 rings (SSSR count). The lowest BCUT2D eigenvalue weighted by molar-refractivity contribution is -0.170. The summed E-state index contributed by atoms with van der Waals surface area (Å²) in [6.45, 7) is 3.58.